The number of anilines is 3. The van der Waals surface area contributed by atoms with E-state index in [0.29, 0.717) is 0 Å². The SMILES string of the molecule is Nc1cc(Nc2nc(Cl)nc(F)c2Cl)ccc1S(=O)(=O)O. The standard InChI is InChI=1S/C10H7Cl2FN4O3S/c11-7-8(13)16-10(12)17-9(7)15-4-1-2-6(5(14)3-4)21(18,19)20/h1-3H,14H2,(H,15,16,17)(H,18,19,20). The van der Waals surface area contributed by atoms with Crippen LogP contribution in [0.15, 0.2) is 23.1 Å². The van der Waals surface area contributed by atoms with E-state index in [4.69, 9.17) is 33.5 Å². The lowest BCUT2D eigenvalue weighted by atomic mass is 10.3. The number of hydrogen-bond donors (Lipinski definition) is 3. The van der Waals surface area contributed by atoms with Crippen molar-refractivity contribution in [3.05, 3.63) is 34.5 Å². The van der Waals surface area contributed by atoms with Crippen LogP contribution in [0.1, 0.15) is 0 Å². The summed E-state index contributed by atoms with van der Waals surface area (Å²) in [6.45, 7) is 0. The molecule has 4 N–H and O–H groups in total. The van der Waals surface area contributed by atoms with Crippen LogP contribution in [0.3, 0.4) is 0 Å². The highest BCUT2D eigenvalue weighted by molar-refractivity contribution is 7.86. The van der Waals surface area contributed by atoms with Crippen LogP contribution in [0.4, 0.5) is 21.6 Å². The Morgan fingerprint density at radius 1 is 1.29 bits per heavy atom. The van der Waals surface area contributed by atoms with Gasteiger partial charge in [0.2, 0.25) is 11.2 Å². The molecular weight excluding hydrogens is 346 g/mol. The normalized spacial score (nSPS) is 11.4. The molecule has 0 saturated carbocycles. The largest absolute Gasteiger partial charge is 0.398 e. The molecule has 0 bridgehead atoms. The van der Waals surface area contributed by atoms with E-state index in [9.17, 15) is 12.8 Å². The third kappa shape index (κ3) is 3.50. The van der Waals surface area contributed by atoms with Crippen LogP contribution in [-0.2, 0) is 10.1 Å². The quantitative estimate of drug-likeness (QED) is 0.336. The lowest BCUT2D eigenvalue weighted by molar-refractivity contribution is 0.483. The molecule has 112 valence electrons. The molecule has 21 heavy (non-hydrogen) atoms. The molecule has 0 fully saturated rings. The van der Waals surface area contributed by atoms with Gasteiger partial charge in [0.1, 0.15) is 9.92 Å². The molecular formula is C10H7Cl2FN4O3S. The number of nitrogens with one attached hydrogen (secondary N) is 1. The predicted molar refractivity (Wildman–Crippen MR) is 76.0 cm³/mol. The van der Waals surface area contributed by atoms with Crippen molar-refractivity contribution in [2.24, 2.45) is 0 Å². The van der Waals surface area contributed by atoms with E-state index in [1.54, 1.807) is 0 Å². The average molecular weight is 353 g/mol. The fourth-order valence-corrected chi connectivity index (χ4v) is 2.36. The minimum atomic E-state index is -4.43. The number of halogens is 3. The van der Waals surface area contributed by atoms with Gasteiger partial charge in [-0.3, -0.25) is 4.55 Å². The maximum atomic E-state index is 13.3. The first-order valence-corrected chi connectivity index (χ1v) is 7.40. The van der Waals surface area contributed by atoms with Gasteiger partial charge in [-0.2, -0.15) is 22.8 Å². The van der Waals surface area contributed by atoms with E-state index < -0.39 is 26.0 Å². The van der Waals surface area contributed by atoms with Gasteiger partial charge in [0.25, 0.3) is 10.1 Å². The molecule has 0 unspecified atom stereocenters. The highest BCUT2D eigenvalue weighted by Crippen LogP contribution is 2.29. The van der Waals surface area contributed by atoms with E-state index in [2.05, 4.69) is 15.3 Å². The summed E-state index contributed by atoms with van der Waals surface area (Å²) in [6.07, 6.45) is 0. The van der Waals surface area contributed by atoms with Crippen molar-refractivity contribution >= 4 is 50.5 Å². The van der Waals surface area contributed by atoms with Gasteiger partial charge in [-0.15, -0.1) is 0 Å². The Morgan fingerprint density at radius 2 is 1.95 bits per heavy atom. The molecule has 0 radical (unpaired) electrons. The van der Waals surface area contributed by atoms with Gasteiger partial charge in [0.15, 0.2) is 5.82 Å². The second-order valence-corrected chi connectivity index (χ2v) is 5.90. The number of benzene rings is 1. The molecule has 0 aliphatic heterocycles. The third-order valence-electron chi connectivity index (χ3n) is 2.33. The zero-order valence-electron chi connectivity index (χ0n) is 10.0. The first kappa shape index (κ1) is 15.7. The summed E-state index contributed by atoms with van der Waals surface area (Å²) in [7, 11) is -4.43. The Labute approximate surface area is 128 Å². The summed E-state index contributed by atoms with van der Waals surface area (Å²) in [6, 6.07) is 3.55. The Balaban J connectivity index is 2.40. The zero-order chi connectivity index (χ0) is 15.8. The Bertz CT molecular complexity index is 816. The van der Waals surface area contributed by atoms with Crippen molar-refractivity contribution in [2.45, 2.75) is 4.90 Å². The molecule has 0 aliphatic rings. The number of nitrogen functional groups attached to an aromatic ring is 1. The molecule has 11 heteroatoms. The van der Waals surface area contributed by atoms with Crippen molar-refractivity contribution < 1.29 is 17.4 Å². The number of rotatable bonds is 3. The average Bonchev–Trinajstić information content (AvgIpc) is 2.33. The molecule has 0 saturated heterocycles. The van der Waals surface area contributed by atoms with Crippen molar-refractivity contribution in [1.82, 2.24) is 9.97 Å². The Morgan fingerprint density at radius 3 is 2.52 bits per heavy atom. The van der Waals surface area contributed by atoms with Crippen molar-refractivity contribution in [3.8, 4) is 0 Å². The van der Waals surface area contributed by atoms with Crippen LogP contribution in [0.2, 0.25) is 10.3 Å². The minimum Gasteiger partial charge on any atom is -0.398 e. The first-order chi connectivity index (χ1) is 9.68. The number of nitrogens with zero attached hydrogens (tertiary/aromatic N) is 2. The van der Waals surface area contributed by atoms with Gasteiger partial charge in [0, 0.05) is 5.69 Å². The molecule has 7 nitrogen and oxygen atoms in total. The number of nitrogens with two attached hydrogens (primary N) is 1. The predicted octanol–water partition coefficient (Wildman–Crippen LogP) is 2.50. The van der Waals surface area contributed by atoms with Gasteiger partial charge in [0.05, 0.1) is 5.69 Å². The van der Waals surface area contributed by atoms with E-state index >= 15 is 0 Å². The summed E-state index contributed by atoms with van der Waals surface area (Å²) < 4.78 is 44.3. The van der Waals surface area contributed by atoms with Gasteiger partial charge in [-0.1, -0.05) is 11.6 Å². The first-order valence-electron chi connectivity index (χ1n) is 5.21. The van der Waals surface area contributed by atoms with Gasteiger partial charge in [-0.05, 0) is 29.8 Å². The summed E-state index contributed by atoms with van der Waals surface area (Å²) >= 11 is 11.2. The summed E-state index contributed by atoms with van der Waals surface area (Å²) in [5, 5.41) is 1.86. The zero-order valence-corrected chi connectivity index (χ0v) is 12.3. The van der Waals surface area contributed by atoms with Crippen molar-refractivity contribution in [2.75, 3.05) is 11.1 Å². The summed E-state index contributed by atoms with van der Waals surface area (Å²) in [4.78, 5) is 6.46. The monoisotopic (exact) mass is 352 g/mol. The Hall–Kier alpha value is -1.68. The molecule has 0 atom stereocenters. The van der Waals surface area contributed by atoms with Crippen molar-refractivity contribution in [1.29, 1.82) is 0 Å². The van der Waals surface area contributed by atoms with Crippen LogP contribution in [-0.4, -0.2) is 22.9 Å². The molecule has 2 aromatic rings. The van der Waals surface area contributed by atoms with Crippen LogP contribution in [0.25, 0.3) is 0 Å². The summed E-state index contributed by atoms with van der Waals surface area (Å²) in [5.41, 5.74) is 5.57. The van der Waals surface area contributed by atoms with E-state index in [1.807, 2.05) is 0 Å². The topological polar surface area (TPSA) is 118 Å². The highest BCUT2D eigenvalue weighted by Gasteiger charge is 2.16. The van der Waals surface area contributed by atoms with Gasteiger partial charge < -0.3 is 11.1 Å². The van der Waals surface area contributed by atoms with Gasteiger partial charge in [-0.25, -0.2) is 0 Å². The maximum Gasteiger partial charge on any atom is 0.296 e. The molecule has 0 aliphatic carbocycles. The second kappa shape index (κ2) is 5.60. The highest BCUT2D eigenvalue weighted by atomic mass is 35.5. The minimum absolute atomic E-state index is 0.117. The lowest BCUT2D eigenvalue weighted by Gasteiger charge is -2.10. The second-order valence-electron chi connectivity index (χ2n) is 3.80. The van der Waals surface area contributed by atoms with E-state index in [-0.39, 0.29) is 22.5 Å². The third-order valence-corrected chi connectivity index (χ3v) is 3.77. The molecule has 1 heterocycles. The fraction of sp³-hybridized carbons (Fsp3) is 0. The Kier molecular flexibility index (Phi) is 4.19. The maximum absolute atomic E-state index is 13.3. The molecule has 2 rings (SSSR count). The van der Waals surface area contributed by atoms with E-state index in [0.717, 1.165) is 6.07 Å². The number of hydrogen-bond acceptors (Lipinski definition) is 6. The molecule has 1 aromatic carbocycles. The lowest BCUT2D eigenvalue weighted by Crippen LogP contribution is -2.04. The summed E-state index contributed by atoms with van der Waals surface area (Å²) in [5.74, 6) is -1.13. The molecule has 1 aromatic heterocycles. The van der Waals surface area contributed by atoms with Crippen LogP contribution >= 0.6 is 23.2 Å². The number of aromatic nitrogens is 2. The van der Waals surface area contributed by atoms with Crippen LogP contribution < -0.4 is 11.1 Å². The molecule has 0 spiro atoms. The van der Waals surface area contributed by atoms with Gasteiger partial charge >= 0.3 is 0 Å². The van der Waals surface area contributed by atoms with Crippen LogP contribution in [0.5, 0.6) is 0 Å². The molecule has 0 amide bonds. The van der Waals surface area contributed by atoms with Crippen molar-refractivity contribution in [3.63, 3.8) is 0 Å². The smallest absolute Gasteiger partial charge is 0.296 e. The fourth-order valence-electron chi connectivity index (χ4n) is 1.47. The van der Waals surface area contributed by atoms with Crippen LogP contribution in [0, 0.1) is 5.95 Å². The van der Waals surface area contributed by atoms with E-state index in [1.165, 1.54) is 12.1 Å².